The molecule has 3 heterocycles. The van der Waals surface area contributed by atoms with Crippen molar-refractivity contribution in [1.82, 2.24) is 19.8 Å². The zero-order valence-electron chi connectivity index (χ0n) is 24.2. The maximum absolute atomic E-state index is 16.8. The lowest BCUT2D eigenvalue weighted by molar-refractivity contribution is -0.126. The van der Waals surface area contributed by atoms with E-state index < -0.39 is 5.82 Å². The third kappa shape index (κ3) is 5.07. The molecular weight excluding hydrogens is 553 g/mol. The van der Waals surface area contributed by atoms with Gasteiger partial charge in [0, 0.05) is 42.7 Å². The topological polar surface area (TPSA) is 61.8 Å². The molecule has 7 nitrogen and oxygen atoms in total. The number of aryl methyl sites for hydroxylation is 1. The minimum atomic E-state index is -0.507. The van der Waals surface area contributed by atoms with E-state index in [9.17, 15) is 4.79 Å². The average molecular weight is 588 g/mol. The predicted octanol–water partition coefficient (Wildman–Crippen LogP) is 6.25. The number of fused-ring (bicyclic) bond motifs is 2. The van der Waals surface area contributed by atoms with Gasteiger partial charge in [-0.25, -0.2) is 4.39 Å². The zero-order chi connectivity index (χ0) is 29.5. The number of hydrogen-bond acceptors (Lipinski definition) is 6. The van der Waals surface area contributed by atoms with Crippen LogP contribution < -0.4 is 9.64 Å². The summed E-state index contributed by atoms with van der Waals surface area (Å²) in [7, 11) is 2.08. The van der Waals surface area contributed by atoms with Gasteiger partial charge in [-0.2, -0.15) is 9.97 Å². The minimum absolute atomic E-state index is 0.0863. The van der Waals surface area contributed by atoms with Crippen LogP contribution in [0, 0.1) is 12.7 Å². The monoisotopic (exact) mass is 587 g/mol. The summed E-state index contributed by atoms with van der Waals surface area (Å²) in [6.45, 7) is 10.6. The highest BCUT2D eigenvalue weighted by Gasteiger charge is 2.31. The van der Waals surface area contributed by atoms with Gasteiger partial charge in [-0.1, -0.05) is 54.6 Å². The summed E-state index contributed by atoms with van der Waals surface area (Å²) < 4.78 is 23.0. The van der Waals surface area contributed by atoms with Gasteiger partial charge in [-0.3, -0.25) is 4.79 Å². The number of carbonyl (C=O) groups excluding carboxylic acids is 1. The summed E-state index contributed by atoms with van der Waals surface area (Å²) in [5.74, 6) is -0.0647. The van der Waals surface area contributed by atoms with Gasteiger partial charge in [-0.05, 0) is 74.3 Å². The second-order valence-corrected chi connectivity index (χ2v) is 11.8. The summed E-state index contributed by atoms with van der Waals surface area (Å²) in [6.07, 6.45) is 3.47. The molecule has 2 aliphatic rings. The molecule has 218 valence electrons. The van der Waals surface area contributed by atoms with Crippen LogP contribution in [0.1, 0.15) is 25.3 Å². The Morgan fingerprint density at radius 2 is 1.98 bits per heavy atom. The summed E-state index contributed by atoms with van der Waals surface area (Å²) in [5, 5.41) is 2.76. The van der Waals surface area contributed by atoms with Gasteiger partial charge in [0.25, 0.3) is 0 Å². The zero-order valence-corrected chi connectivity index (χ0v) is 25.0. The highest BCUT2D eigenvalue weighted by Crippen LogP contribution is 2.42. The summed E-state index contributed by atoms with van der Waals surface area (Å²) >= 11 is 6.91. The van der Waals surface area contributed by atoms with Crippen molar-refractivity contribution in [3.05, 3.63) is 71.5 Å². The maximum atomic E-state index is 16.8. The molecule has 42 heavy (non-hydrogen) atoms. The Bertz CT molecular complexity index is 1690. The second-order valence-electron chi connectivity index (χ2n) is 11.4. The first-order valence-corrected chi connectivity index (χ1v) is 14.8. The molecule has 1 amide bonds. The van der Waals surface area contributed by atoms with Crippen molar-refractivity contribution in [1.29, 1.82) is 0 Å². The van der Waals surface area contributed by atoms with Crippen molar-refractivity contribution >= 4 is 45.0 Å². The number of rotatable bonds is 6. The first-order chi connectivity index (χ1) is 20.3. The molecule has 4 aromatic rings. The Labute approximate surface area is 250 Å². The highest BCUT2D eigenvalue weighted by atomic mass is 35.5. The normalized spacial score (nSPS) is 19.5. The SMILES string of the molecule is C=CC(=O)N1CCN(c2nc(OCC3CCCN3C)nc3c(F)c(-c4cccc5cccc(C)c45)c(Cl)cc23)C(C)C1. The molecule has 2 aliphatic heterocycles. The van der Waals surface area contributed by atoms with E-state index >= 15 is 4.39 Å². The molecule has 2 fully saturated rings. The smallest absolute Gasteiger partial charge is 0.319 e. The number of ether oxygens (including phenoxy) is 1. The Morgan fingerprint density at radius 3 is 2.69 bits per heavy atom. The number of halogens is 2. The number of aromatic nitrogens is 2. The third-order valence-electron chi connectivity index (χ3n) is 8.69. The Kier molecular flexibility index (Phi) is 7.77. The van der Waals surface area contributed by atoms with Gasteiger partial charge >= 0.3 is 6.01 Å². The van der Waals surface area contributed by atoms with Crippen LogP contribution in [0.4, 0.5) is 10.2 Å². The maximum Gasteiger partial charge on any atom is 0.319 e. The molecule has 6 rings (SSSR count). The summed E-state index contributed by atoms with van der Waals surface area (Å²) in [6, 6.07) is 13.9. The van der Waals surface area contributed by atoms with E-state index in [1.54, 1.807) is 11.0 Å². The standard InChI is InChI=1S/C33H35ClFN5O2/c1-5-27(41)39-15-16-40(21(3)18-39)32-25-17-26(34)29(24-13-7-11-22-10-6-9-20(2)28(22)24)30(35)31(25)36-33(37-32)42-19-23-12-8-14-38(23)4/h5-7,9-11,13,17,21,23H,1,8,12,14-16,18-19H2,2-4H3. The molecule has 0 saturated carbocycles. The molecule has 3 aromatic carbocycles. The second kappa shape index (κ2) is 11.5. The fourth-order valence-electron chi connectivity index (χ4n) is 6.39. The number of likely N-dealkylation sites (tertiary alicyclic amines) is 1. The van der Waals surface area contributed by atoms with Crippen molar-refractivity contribution in [2.75, 3.05) is 44.7 Å². The molecule has 2 unspecified atom stereocenters. The van der Waals surface area contributed by atoms with Crippen LogP contribution >= 0.6 is 11.6 Å². The Balaban J connectivity index is 1.50. The van der Waals surface area contributed by atoms with Crippen molar-refractivity contribution in [2.45, 2.75) is 38.8 Å². The van der Waals surface area contributed by atoms with E-state index in [1.165, 1.54) is 6.08 Å². The lowest BCUT2D eigenvalue weighted by Gasteiger charge is -2.40. The van der Waals surface area contributed by atoms with E-state index in [4.69, 9.17) is 21.3 Å². The molecule has 0 spiro atoms. The van der Waals surface area contributed by atoms with E-state index in [0.717, 1.165) is 41.3 Å². The molecule has 0 aliphatic carbocycles. The van der Waals surface area contributed by atoms with Gasteiger partial charge < -0.3 is 19.4 Å². The Morgan fingerprint density at radius 1 is 1.19 bits per heavy atom. The minimum Gasteiger partial charge on any atom is -0.462 e. The van der Waals surface area contributed by atoms with E-state index in [1.807, 2.05) is 50.2 Å². The van der Waals surface area contributed by atoms with Crippen molar-refractivity contribution in [2.24, 2.45) is 0 Å². The number of piperazine rings is 1. The third-order valence-corrected chi connectivity index (χ3v) is 8.98. The number of carbonyl (C=O) groups is 1. The first-order valence-electron chi connectivity index (χ1n) is 14.5. The highest BCUT2D eigenvalue weighted by molar-refractivity contribution is 6.35. The van der Waals surface area contributed by atoms with Gasteiger partial charge in [0.05, 0.1) is 5.02 Å². The number of hydrogen-bond donors (Lipinski definition) is 0. The van der Waals surface area contributed by atoms with Crippen LogP contribution in [-0.2, 0) is 4.79 Å². The Hall–Kier alpha value is -3.75. The van der Waals surface area contributed by atoms with E-state index in [0.29, 0.717) is 43.0 Å². The van der Waals surface area contributed by atoms with E-state index in [-0.39, 0.29) is 34.5 Å². The molecule has 0 radical (unpaired) electrons. The average Bonchev–Trinajstić information content (AvgIpc) is 3.40. The molecule has 1 aromatic heterocycles. The fraction of sp³-hybridized carbons (Fsp3) is 0.364. The number of nitrogens with zero attached hydrogens (tertiary/aromatic N) is 5. The molecule has 2 atom stereocenters. The van der Waals surface area contributed by atoms with Gasteiger partial charge in [0.15, 0.2) is 5.82 Å². The molecule has 0 bridgehead atoms. The quantitative estimate of drug-likeness (QED) is 0.249. The van der Waals surface area contributed by atoms with Gasteiger partial charge in [0.2, 0.25) is 5.91 Å². The number of amides is 1. The largest absolute Gasteiger partial charge is 0.462 e. The van der Waals surface area contributed by atoms with Crippen molar-refractivity contribution in [3.63, 3.8) is 0 Å². The van der Waals surface area contributed by atoms with Crippen LogP contribution in [0.3, 0.4) is 0 Å². The fourth-order valence-corrected chi connectivity index (χ4v) is 6.68. The van der Waals surface area contributed by atoms with Gasteiger partial charge in [-0.15, -0.1) is 0 Å². The van der Waals surface area contributed by atoms with Crippen molar-refractivity contribution < 1.29 is 13.9 Å². The van der Waals surface area contributed by atoms with Crippen molar-refractivity contribution in [3.8, 4) is 17.1 Å². The summed E-state index contributed by atoms with van der Waals surface area (Å²) in [5.41, 5.74) is 2.23. The van der Waals surface area contributed by atoms with Crippen LogP contribution in [0.5, 0.6) is 6.01 Å². The molecular formula is C33H35ClFN5O2. The molecule has 9 heteroatoms. The van der Waals surface area contributed by atoms with Gasteiger partial charge in [0.1, 0.15) is 17.9 Å². The number of likely N-dealkylation sites (N-methyl/N-ethyl adjacent to an activating group) is 1. The number of benzene rings is 3. The van der Waals surface area contributed by atoms with Crippen LogP contribution in [0.25, 0.3) is 32.8 Å². The lowest BCUT2D eigenvalue weighted by atomic mass is 9.94. The summed E-state index contributed by atoms with van der Waals surface area (Å²) in [4.78, 5) is 27.9. The lowest BCUT2D eigenvalue weighted by Crippen LogP contribution is -2.53. The predicted molar refractivity (Wildman–Crippen MR) is 167 cm³/mol. The first kappa shape index (κ1) is 28.4. The number of anilines is 1. The van der Waals surface area contributed by atoms with Crippen LogP contribution in [0.2, 0.25) is 5.02 Å². The van der Waals surface area contributed by atoms with E-state index in [2.05, 4.69) is 28.4 Å². The van der Waals surface area contributed by atoms with Crippen LogP contribution in [0.15, 0.2) is 55.1 Å². The molecule has 2 saturated heterocycles. The molecule has 0 N–H and O–H groups in total. The van der Waals surface area contributed by atoms with Crippen LogP contribution in [-0.4, -0.2) is 77.6 Å².